The van der Waals surface area contributed by atoms with Crippen molar-refractivity contribution in [2.24, 2.45) is 0 Å². The van der Waals surface area contributed by atoms with E-state index < -0.39 is 12.2 Å². The quantitative estimate of drug-likeness (QED) is 0.585. The van der Waals surface area contributed by atoms with Gasteiger partial charge in [-0.15, -0.1) is 0 Å². The fourth-order valence-corrected chi connectivity index (χ4v) is 0.816. The molecule has 1 rings (SSSR count). The topological polar surface area (TPSA) is 29.1 Å². The molecule has 0 aromatic rings. The van der Waals surface area contributed by atoms with E-state index >= 15 is 0 Å². The lowest BCUT2D eigenvalue weighted by atomic mass is 10.3. The average Bonchev–Trinajstić information content (AvgIpc) is 2.48. The number of alkyl halides is 1. The Balaban J connectivity index is 2.33. The molecule has 0 heterocycles. The Labute approximate surface area is 53.4 Å². The second-order valence-corrected chi connectivity index (χ2v) is 2.60. The summed E-state index contributed by atoms with van der Waals surface area (Å²) in [7, 11) is 0. The van der Waals surface area contributed by atoms with E-state index in [0.717, 1.165) is 12.8 Å². The molecule has 9 heavy (non-hydrogen) atoms. The van der Waals surface area contributed by atoms with E-state index in [0.29, 0.717) is 0 Å². The van der Waals surface area contributed by atoms with Crippen LogP contribution in [0.25, 0.3) is 0 Å². The summed E-state index contributed by atoms with van der Waals surface area (Å²) in [6.07, 6.45) is 1.59. The molecule has 0 bridgehead atoms. The predicted octanol–water partition coefficient (Wildman–Crippen LogP) is 0.625. The minimum atomic E-state index is -0.453. The monoisotopic (exact) mass is 131 g/mol. The van der Waals surface area contributed by atoms with E-state index in [1.54, 1.807) is 0 Å². The molecule has 0 aromatic heterocycles. The molecule has 0 spiro atoms. The first-order chi connectivity index (χ1) is 4.18. The first kappa shape index (κ1) is 6.52. The molecule has 1 aliphatic carbocycles. The zero-order valence-electron chi connectivity index (χ0n) is 5.41. The number of hydrogen-bond donors (Lipinski definition) is 1. The van der Waals surface area contributed by atoms with Crippen LogP contribution < -0.4 is 5.32 Å². The molecule has 52 valence electrons. The number of carbonyl (C=O) groups excluding carboxylic acids is 1. The third-order valence-electron chi connectivity index (χ3n) is 1.55. The number of nitrogens with one attached hydrogen (secondary N) is 1. The molecule has 0 atom stereocenters. The summed E-state index contributed by atoms with van der Waals surface area (Å²) in [5.74, 6) is -0.134. The van der Waals surface area contributed by atoms with Crippen molar-refractivity contribution < 1.29 is 9.18 Å². The molecule has 0 unspecified atom stereocenters. The summed E-state index contributed by atoms with van der Waals surface area (Å²) in [4.78, 5) is 10.4. The van der Waals surface area contributed by atoms with Crippen molar-refractivity contribution in [2.75, 3.05) is 6.67 Å². The molecule has 0 radical (unpaired) electrons. The summed E-state index contributed by atoms with van der Waals surface area (Å²) < 4.78 is 12.0. The molecule has 0 saturated heterocycles. The zero-order valence-corrected chi connectivity index (χ0v) is 5.41. The maximum Gasteiger partial charge on any atom is 0.217 e. The fourth-order valence-electron chi connectivity index (χ4n) is 0.816. The van der Waals surface area contributed by atoms with Crippen LogP contribution in [0.15, 0.2) is 0 Å². The van der Waals surface area contributed by atoms with Gasteiger partial charge in [-0.25, -0.2) is 4.39 Å². The van der Waals surface area contributed by atoms with Crippen molar-refractivity contribution in [3.63, 3.8) is 0 Å². The smallest absolute Gasteiger partial charge is 0.217 e. The van der Waals surface area contributed by atoms with E-state index in [9.17, 15) is 9.18 Å². The Morgan fingerprint density at radius 1 is 1.78 bits per heavy atom. The highest BCUT2D eigenvalue weighted by Crippen LogP contribution is 2.35. The number of carbonyl (C=O) groups is 1. The van der Waals surface area contributed by atoms with Crippen LogP contribution in [0, 0.1) is 0 Å². The van der Waals surface area contributed by atoms with Gasteiger partial charge in [-0.3, -0.25) is 4.79 Å². The van der Waals surface area contributed by atoms with Crippen LogP contribution in [-0.4, -0.2) is 18.1 Å². The predicted molar refractivity (Wildman–Crippen MR) is 31.8 cm³/mol. The molecule has 1 N–H and O–H groups in total. The van der Waals surface area contributed by atoms with Gasteiger partial charge in [0.25, 0.3) is 0 Å². The van der Waals surface area contributed by atoms with Crippen LogP contribution in [0.1, 0.15) is 19.8 Å². The Morgan fingerprint density at radius 2 is 2.33 bits per heavy atom. The normalized spacial score (nSPS) is 21.1. The first-order valence-electron chi connectivity index (χ1n) is 3.03. The van der Waals surface area contributed by atoms with Crippen molar-refractivity contribution in [3.8, 4) is 0 Å². The Kier molecular flexibility index (Phi) is 1.43. The molecule has 0 aromatic carbocycles. The fraction of sp³-hybridized carbons (Fsp3) is 0.833. The van der Waals surface area contributed by atoms with E-state index in [1.165, 1.54) is 6.92 Å². The molecule has 1 amide bonds. The number of halogens is 1. The minimum Gasteiger partial charge on any atom is -0.348 e. The minimum absolute atomic E-state index is 0.134. The highest BCUT2D eigenvalue weighted by atomic mass is 19.1. The molecule has 1 fully saturated rings. The molecule has 0 aliphatic heterocycles. The molecule has 1 aliphatic rings. The van der Waals surface area contributed by atoms with Crippen LogP contribution in [0.5, 0.6) is 0 Å². The van der Waals surface area contributed by atoms with E-state index in [4.69, 9.17) is 0 Å². The van der Waals surface area contributed by atoms with Gasteiger partial charge in [-0.1, -0.05) is 0 Å². The van der Waals surface area contributed by atoms with Gasteiger partial charge in [-0.2, -0.15) is 0 Å². The molecule has 3 heteroatoms. The van der Waals surface area contributed by atoms with Crippen molar-refractivity contribution in [1.82, 2.24) is 5.32 Å². The van der Waals surface area contributed by atoms with Gasteiger partial charge >= 0.3 is 0 Å². The van der Waals surface area contributed by atoms with Crippen LogP contribution in [0.4, 0.5) is 4.39 Å². The third kappa shape index (κ3) is 1.40. The highest BCUT2D eigenvalue weighted by Gasteiger charge is 2.43. The molecular weight excluding hydrogens is 121 g/mol. The Morgan fingerprint density at radius 3 is 2.44 bits per heavy atom. The third-order valence-corrected chi connectivity index (χ3v) is 1.55. The van der Waals surface area contributed by atoms with Crippen LogP contribution in [-0.2, 0) is 4.79 Å². The summed E-state index contributed by atoms with van der Waals surface area (Å²) in [6.45, 7) is 0.988. The number of hydrogen-bond acceptors (Lipinski definition) is 1. The summed E-state index contributed by atoms with van der Waals surface area (Å²) >= 11 is 0. The van der Waals surface area contributed by atoms with Gasteiger partial charge in [0.2, 0.25) is 5.91 Å². The first-order valence-corrected chi connectivity index (χ1v) is 3.03. The number of rotatable bonds is 2. The molecule has 1 saturated carbocycles. The lowest BCUT2D eigenvalue weighted by Crippen LogP contribution is -2.36. The molecular formula is C6H10FNO. The average molecular weight is 131 g/mol. The maximum atomic E-state index is 12.0. The van der Waals surface area contributed by atoms with Gasteiger partial charge in [-0.05, 0) is 12.8 Å². The second-order valence-electron chi connectivity index (χ2n) is 2.60. The van der Waals surface area contributed by atoms with Crippen molar-refractivity contribution in [3.05, 3.63) is 0 Å². The SMILES string of the molecule is CC(=O)NC1(CF)CC1. The standard InChI is InChI=1S/C6H10FNO/c1-5(9)8-6(4-7)2-3-6/h2-4H2,1H3,(H,8,9). The van der Waals surface area contributed by atoms with Crippen LogP contribution in [0.3, 0.4) is 0 Å². The lowest BCUT2D eigenvalue weighted by Gasteiger charge is -2.09. The van der Waals surface area contributed by atoms with E-state index in [1.807, 2.05) is 0 Å². The summed E-state index contributed by atoms with van der Waals surface area (Å²) in [5, 5.41) is 2.57. The van der Waals surface area contributed by atoms with E-state index in [2.05, 4.69) is 5.32 Å². The highest BCUT2D eigenvalue weighted by molar-refractivity contribution is 5.74. The van der Waals surface area contributed by atoms with Crippen LogP contribution >= 0.6 is 0 Å². The van der Waals surface area contributed by atoms with Crippen molar-refractivity contribution in [2.45, 2.75) is 25.3 Å². The Hall–Kier alpha value is -0.600. The number of amides is 1. The second kappa shape index (κ2) is 1.97. The zero-order chi connectivity index (χ0) is 6.91. The van der Waals surface area contributed by atoms with Gasteiger partial charge in [0, 0.05) is 6.92 Å². The van der Waals surface area contributed by atoms with Crippen molar-refractivity contribution >= 4 is 5.91 Å². The van der Waals surface area contributed by atoms with Crippen molar-refractivity contribution in [1.29, 1.82) is 0 Å². The lowest BCUT2D eigenvalue weighted by molar-refractivity contribution is -0.120. The van der Waals surface area contributed by atoms with Gasteiger partial charge < -0.3 is 5.32 Å². The summed E-state index contributed by atoms with van der Waals surface area (Å²) in [6, 6.07) is 0. The maximum absolute atomic E-state index is 12.0. The van der Waals surface area contributed by atoms with Gasteiger partial charge in [0.15, 0.2) is 0 Å². The summed E-state index contributed by atoms with van der Waals surface area (Å²) in [5.41, 5.74) is -0.453. The van der Waals surface area contributed by atoms with Gasteiger partial charge in [0.05, 0.1) is 5.54 Å². The molecule has 2 nitrogen and oxygen atoms in total. The van der Waals surface area contributed by atoms with Crippen LogP contribution in [0.2, 0.25) is 0 Å². The van der Waals surface area contributed by atoms with E-state index in [-0.39, 0.29) is 5.91 Å². The largest absolute Gasteiger partial charge is 0.348 e. The Bertz CT molecular complexity index is 131. The van der Waals surface area contributed by atoms with Gasteiger partial charge in [0.1, 0.15) is 6.67 Å².